The number of aliphatic hydroxyl groups is 1. The normalized spacial score (nSPS) is 16.5. The molecule has 0 unspecified atom stereocenters. The molecule has 2 heterocycles. The van der Waals surface area contributed by atoms with Gasteiger partial charge >= 0.3 is 0 Å². The SMILES string of the molecule is CCc1occc1C(=O)N1CC(CO)C1. The van der Waals surface area contributed by atoms with Crippen LogP contribution in [0, 0.1) is 5.92 Å². The van der Waals surface area contributed by atoms with Crippen LogP contribution in [0.25, 0.3) is 0 Å². The number of likely N-dealkylation sites (tertiary alicyclic amines) is 1. The van der Waals surface area contributed by atoms with Gasteiger partial charge in [-0.2, -0.15) is 0 Å². The van der Waals surface area contributed by atoms with E-state index in [0.717, 1.165) is 12.2 Å². The first-order chi connectivity index (χ1) is 7.26. The molecule has 2 rings (SSSR count). The summed E-state index contributed by atoms with van der Waals surface area (Å²) in [5.41, 5.74) is 0.661. The smallest absolute Gasteiger partial charge is 0.257 e. The Morgan fingerprint density at radius 2 is 2.40 bits per heavy atom. The summed E-state index contributed by atoms with van der Waals surface area (Å²) in [5.74, 6) is 1.02. The first-order valence-electron chi connectivity index (χ1n) is 5.22. The standard InChI is InChI=1S/C11H15NO3/c1-2-10-9(3-4-15-10)11(14)12-5-8(6-12)7-13/h3-4,8,13H,2,5-7H2,1H3. The van der Waals surface area contributed by atoms with Crippen molar-refractivity contribution in [2.75, 3.05) is 19.7 Å². The Hall–Kier alpha value is -1.29. The summed E-state index contributed by atoms with van der Waals surface area (Å²) < 4.78 is 5.21. The maximum Gasteiger partial charge on any atom is 0.257 e. The number of furan rings is 1. The number of carbonyl (C=O) groups is 1. The second-order valence-corrected chi connectivity index (χ2v) is 3.87. The van der Waals surface area contributed by atoms with Crippen LogP contribution in [-0.2, 0) is 6.42 Å². The number of hydrogen-bond donors (Lipinski definition) is 1. The second kappa shape index (κ2) is 4.06. The maximum atomic E-state index is 11.9. The van der Waals surface area contributed by atoms with Gasteiger partial charge in [-0.25, -0.2) is 0 Å². The molecule has 4 heteroatoms. The number of carbonyl (C=O) groups excluding carboxylic acids is 1. The zero-order chi connectivity index (χ0) is 10.8. The van der Waals surface area contributed by atoms with E-state index in [-0.39, 0.29) is 18.4 Å². The van der Waals surface area contributed by atoms with Gasteiger partial charge in [0.05, 0.1) is 11.8 Å². The Kier molecular flexibility index (Phi) is 2.77. The molecule has 1 amide bonds. The fourth-order valence-corrected chi connectivity index (χ4v) is 1.83. The lowest BCUT2D eigenvalue weighted by atomic mass is 10.00. The van der Waals surface area contributed by atoms with Gasteiger partial charge in [-0.3, -0.25) is 4.79 Å². The van der Waals surface area contributed by atoms with Gasteiger partial charge in [-0.1, -0.05) is 6.92 Å². The highest BCUT2D eigenvalue weighted by atomic mass is 16.3. The molecular formula is C11H15NO3. The first kappa shape index (κ1) is 10.2. The van der Waals surface area contributed by atoms with E-state index in [2.05, 4.69) is 0 Å². The summed E-state index contributed by atoms with van der Waals surface area (Å²) in [6, 6.07) is 1.72. The van der Waals surface area contributed by atoms with Crippen molar-refractivity contribution < 1.29 is 14.3 Å². The fourth-order valence-electron chi connectivity index (χ4n) is 1.83. The lowest BCUT2D eigenvalue weighted by molar-refractivity contribution is 0.0360. The van der Waals surface area contributed by atoms with Crippen molar-refractivity contribution in [3.8, 4) is 0 Å². The van der Waals surface area contributed by atoms with E-state index in [1.54, 1.807) is 17.2 Å². The highest BCUT2D eigenvalue weighted by Gasteiger charge is 2.31. The molecule has 1 fully saturated rings. The van der Waals surface area contributed by atoms with E-state index in [0.29, 0.717) is 18.7 Å². The van der Waals surface area contributed by atoms with Crippen LogP contribution >= 0.6 is 0 Å². The largest absolute Gasteiger partial charge is 0.469 e. The molecule has 0 radical (unpaired) electrons. The Balaban J connectivity index is 2.03. The lowest BCUT2D eigenvalue weighted by Gasteiger charge is -2.38. The monoisotopic (exact) mass is 209 g/mol. The molecule has 0 aromatic carbocycles. The molecular weight excluding hydrogens is 194 g/mol. The van der Waals surface area contributed by atoms with Crippen molar-refractivity contribution in [1.29, 1.82) is 0 Å². The highest BCUT2D eigenvalue weighted by molar-refractivity contribution is 5.95. The molecule has 82 valence electrons. The number of hydrogen-bond acceptors (Lipinski definition) is 3. The highest BCUT2D eigenvalue weighted by Crippen LogP contribution is 2.20. The molecule has 0 saturated carbocycles. The van der Waals surface area contributed by atoms with Gasteiger partial charge in [0, 0.05) is 32.0 Å². The molecule has 1 saturated heterocycles. The van der Waals surface area contributed by atoms with Gasteiger partial charge in [0.25, 0.3) is 5.91 Å². The number of aliphatic hydroxyl groups excluding tert-OH is 1. The van der Waals surface area contributed by atoms with Gasteiger partial charge in [-0.05, 0) is 6.07 Å². The average molecular weight is 209 g/mol. The molecule has 1 aliphatic rings. The predicted octanol–water partition coefficient (Wildman–Crippen LogP) is 0.906. The molecule has 4 nitrogen and oxygen atoms in total. The molecule has 0 aliphatic carbocycles. The van der Waals surface area contributed by atoms with Crippen LogP contribution in [0.2, 0.25) is 0 Å². The second-order valence-electron chi connectivity index (χ2n) is 3.87. The van der Waals surface area contributed by atoms with Crippen LogP contribution in [0.4, 0.5) is 0 Å². The third-order valence-electron chi connectivity index (χ3n) is 2.80. The minimum Gasteiger partial charge on any atom is -0.469 e. The Labute approximate surface area is 88.5 Å². The van der Waals surface area contributed by atoms with Crippen LogP contribution in [0.3, 0.4) is 0 Å². The predicted molar refractivity (Wildman–Crippen MR) is 54.6 cm³/mol. The number of aryl methyl sites for hydroxylation is 1. The van der Waals surface area contributed by atoms with E-state index in [4.69, 9.17) is 9.52 Å². The summed E-state index contributed by atoms with van der Waals surface area (Å²) in [5, 5.41) is 8.86. The fraction of sp³-hybridized carbons (Fsp3) is 0.545. The molecule has 1 aromatic rings. The lowest BCUT2D eigenvalue weighted by Crippen LogP contribution is -2.51. The molecule has 0 spiro atoms. The summed E-state index contributed by atoms with van der Waals surface area (Å²) in [7, 11) is 0. The summed E-state index contributed by atoms with van der Waals surface area (Å²) in [6.45, 7) is 3.44. The van der Waals surface area contributed by atoms with E-state index in [1.165, 1.54) is 0 Å². The van der Waals surface area contributed by atoms with Crippen LogP contribution in [0.15, 0.2) is 16.7 Å². The minimum absolute atomic E-state index is 0.0188. The minimum atomic E-state index is 0.0188. The maximum absolute atomic E-state index is 11.9. The van der Waals surface area contributed by atoms with Crippen LogP contribution in [0.1, 0.15) is 23.0 Å². The third kappa shape index (κ3) is 1.77. The summed E-state index contributed by atoms with van der Waals surface area (Å²) >= 11 is 0. The van der Waals surface area contributed by atoms with Gasteiger partial charge in [0.15, 0.2) is 0 Å². The third-order valence-corrected chi connectivity index (χ3v) is 2.80. The summed E-state index contributed by atoms with van der Waals surface area (Å²) in [6.07, 6.45) is 2.28. The van der Waals surface area contributed by atoms with E-state index < -0.39 is 0 Å². The van der Waals surface area contributed by atoms with Gasteiger partial charge in [-0.15, -0.1) is 0 Å². The molecule has 1 N–H and O–H groups in total. The first-order valence-corrected chi connectivity index (χ1v) is 5.22. The molecule has 1 aromatic heterocycles. The van der Waals surface area contributed by atoms with Crippen molar-refractivity contribution in [2.24, 2.45) is 5.92 Å². The van der Waals surface area contributed by atoms with Crippen LogP contribution in [-0.4, -0.2) is 35.6 Å². The van der Waals surface area contributed by atoms with Crippen LogP contribution < -0.4 is 0 Å². The number of rotatable bonds is 3. The molecule has 0 bridgehead atoms. The van der Waals surface area contributed by atoms with Gasteiger partial charge < -0.3 is 14.4 Å². The zero-order valence-electron chi connectivity index (χ0n) is 8.77. The zero-order valence-corrected chi connectivity index (χ0v) is 8.77. The van der Waals surface area contributed by atoms with Gasteiger partial charge in [0.2, 0.25) is 0 Å². The van der Waals surface area contributed by atoms with Crippen molar-refractivity contribution >= 4 is 5.91 Å². The topological polar surface area (TPSA) is 53.7 Å². The van der Waals surface area contributed by atoms with E-state index in [9.17, 15) is 4.79 Å². The average Bonchev–Trinajstić information content (AvgIpc) is 2.63. The van der Waals surface area contributed by atoms with E-state index >= 15 is 0 Å². The number of amides is 1. The van der Waals surface area contributed by atoms with Crippen LogP contribution in [0.5, 0.6) is 0 Å². The Morgan fingerprint density at radius 3 is 3.00 bits per heavy atom. The quantitative estimate of drug-likeness (QED) is 0.805. The van der Waals surface area contributed by atoms with Crippen molar-refractivity contribution in [3.05, 3.63) is 23.7 Å². The number of nitrogens with zero attached hydrogens (tertiary/aromatic N) is 1. The Bertz CT molecular complexity index is 352. The van der Waals surface area contributed by atoms with Crippen molar-refractivity contribution in [1.82, 2.24) is 4.90 Å². The molecule has 15 heavy (non-hydrogen) atoms. The Morgan fingerprint density at radius 1 is 1.67 bits per heavy atom. The summed E-state index contributed by atoms with van der Waals surface area (Å²) in [4.78, 5) is 13.7. The van der Waals surface area contributed by atoms with Crippen molar-refractivity contribution in [3.63, 3.8) is 0 Å². The van der Waals surface area contributed by atoms with E-state index in [1.807, 2.05) is 6.92 Å². The molecule has 1 aliphatic heterocycles. The molecule has 0 atom stereocenters. The van der Waals surface area contributed by atoms with Gasteiger partial charge in [0.1, 0.15) is 5.76 Å². The van der Waals surface area contributed by atoms with Crippen molar-refractivity contribution in [2.45, 2.75) is 13.3 Å².